The number of nitrogens with zero attached hydrogens (tertiary/aromatic N) is 2. The first-order valence-electron chi connectivity index (χ1n) is 5.93. The van der Waals surface area contributed by atoms with Crippen LogP contribution in [0.25, 0.3) is 0 Å². The maximum absolute atomic E-state index is 12.2. The first kappa shape index (κ1) is 15.5. The first-order chi connectivity index (χ1) is 8.87. The molecule has 0 bridgehead atoms. The molecule has 1 unspecified atom stereocenters. The van der Waals surface area contributed by atoms with E-state index in [9.17, 15) is 18.0 Å². The predicted octanol–water partition coefficient (Wildman–Crippen LogP) is 2.62. The zero-order chi connectivity index (χ0) is 14.5. The summed E-state index contributed by atoms with van der Waals surface area (Å²) < 4.78 is 46.1. The van der Waals surface area contributed by atoms with Crippen LogP contribution in [0.2, 0.25) is 0 Å². The van der Waals surface area contributed by atoms with E-state index >= 15 is 0 Å². The van der Waals surface area contributed by atoms with Gasteiger partial charge in [0.25, 0.3) is 0 Å². The fraction of sp³-hybridized carbons (Fsp3) is 0.727. The van der Waals surface area contributed by atoms with Gasteiger partial charge < -0.3 is 9.26 Å². The summed E-state index contributed by atoms with van der Waals surface area (Å²) >= 11 is 0. The van der Waals surface area contributed by atoms with Crippen molar-refractivity contribution in [2.75, 3.05) is 6.61 Å². The molecule has 0 radical (unpaired) electrons. The van der Waals surface area contributed by atoms with Crippen molar-refractivity contribution in [3.8, 4) is 0 Å². The quantitative estimate of drug-likeness (QED) is 0.749. The lowest BCUT2D eigenvalue weighted by Crippen LogP contribution is -2.17. The molecule has 0 aliphatic rings. The number of esters is 1. The van der Waals surface area contributed by atoms with Gasteiger partial charge in [0.05, 0.1) is 6.61 Å². The van der Waals surface area contributed by atoms with Crippen molar-refractivity contribution in [2.45, 2.75) is 45.2 Å². The van der Waals surface area contributed by atoms with Crippen molar-refractivity contribution < 1.29 is 27.2 Å². The summed E-state index contributed by atoms with van der Waals surface area (Å²) in [7, 11) is 0. The van der Waals surface area contributed by atoms with E-state index in [1.54, 1.807) is 6.92 Å². The van der Waals surface area contributed by atoms with Gasteiger partial charge >= 0.3 is 12.1 Å². The molecule has 19 heavy (non-hydrogen) atoms. The third-order valence-corrected chi connectivity index (χ3v) is 2.29. The Morgan fingerprint density at radius 3 is 2.63 bits per heavy atom. The molecule has 0 saturated carbocycles. The highest BCUT2D eigenvalue weighted by molar-refractivity contribution is 5.76. The van der Waals surface area contributed by atoms with E-state index in [2.05, 4.69) is 10.1 Å². The SMILES string of the molecule is CCCC(C(=O)OCC)c1nc(CC(F)(F)F)no1. The van der Waals surface area contributed by atoms with Gasteiger partial charge in [-0.1, -0.05) is 18.5 Å². The van der Waals surface area contributed by atoms with Gasteiger partial charge in [-0.2, -0.15) is 18.2 Å². The van der Waals surface area contributed by atoms with E-state index in [1.807, 2.05) is 6.92 Å². The van der Waals surface area contributed by atoms with Crippen molar-refractivity contribution in [3.63, 3.8) is 0 Å². The van der Waals surface area contributed by atoms with E-state index < -0.39 is 30.3 Å². The van der Waals surface area contributed by atoms with Crippen LogP contribution in [0.1, 0.15) is 44.3 Å². The van der Waals surface area contributed by atoms with Gasteiger partial charge in [0.15, 0.2) is 5.82 Å². The Morgan fingerprint density at radius 1 is 1.42 bits per heavy atom. The van der Waals surface area contributed by atoms with Crippen LogP contribution in [0.15, 0.2) is 4.52 Å². The number of carbonyl (C=O) groups is 1. The molecule has 0 fully saturated rings. The second kappa shape index (κ2) is 6.53. The molecule has 1 atom stereocenters. The zero-order valence-corrected chi connectivity index (χ0v) is 10.7. The third-order valence-electron chi connectivity index (χ3n) is 2.29. The van der Waals surface area contributed by atoms with Gasteiger partial charge in [-0.25, -0.2) is 0 Å². The predicted molar refractivity (Wildman–Crippen MR) is 58.3 cm³/mol. The van der Waals surface area contributed by atoms with E-state index in [1.165, 1.54) is 0 Å². The number of hydrogen-bond donors (Lipinski definition) is 0. The van der Waals surface area contributed by atoms with Crippen LogP contribution in [0.3, 0.4) is 0 Å². The lowest BCUT2D eigenvalue weighted by Gasteiger charge is -2.09. The molecule has 0 spiro atoms. The molecular weight excluding hydrogens is 265 g/mol. The Labute approximate surface area is 108 Å². The molecule has 0 saturated heterocycles. The highest BCUT2D eigenvalue weighted by atomic mass is 19.4. The van der Waals surface area contributed by atoms with Crippen LogP contribution in [-0.2, 0) is 16.0 Å². The summed E-state index contributed by atoms with van der Waals surface area (Å²) in [4.78, 5) is 15.3. The van der Waals surface area contributed by atoms with Gasteiger partial charge in [0.2, 0.25) is 5.89 Å². The number of halogens is 3. The van der Waals surface area contributed by atoms with Gasteiger partial charge in [0.1, 0.15) is 12.3 Å². The average Bonchev–Trinajstić information content (AvgIpc) is 2.71. The number of ether oxygens (including phenoxy) is 1. The Kier molecular flexibility index (Phi) is 5.31. The van der Waals surface area contributed by atoms with Gasteiger partial charge in [0, 0.05) is 0 Å². The molecule has 0 amide bonds. The third kappa shape index (κ3) is 4.88. The molecule has 0 aliphatic carbocycles. The number of hydrogen-bond acceptors (Lipinski definition) is 5. The fourth-order valence-electron chi connectivity index (χ4n) is 1.53. The van der Waals surface area contributed by atoms with Gasteiger partial charge in [-0.3, -0.25) is 4.79 Å². The van der Waals surface area contributed by atoms with Crippen molar-refractivity contribution in [2.24, 2.45) is 0 Å². The lowest BCUT2D eigenvalue weighted by atomic mass is 10.0. The zero-order valence-electron chi connectivity index (χ0n) is 10.7. The van der Waals surface area contributed by atoms with Crippen LogP contribution in [-0.4, -0.2) is 28.9 Å². The molecular formula is C11H15F3N2O3. The maximum Gasteiger partial charge on any atom is 0.396 e. The standard InChI is InChI=1S/C11H15F3N2O3/c1-3-5-7(10(17)18-4-2)9-15-8(16-19-9)6-11(12,13)14/h7H,3-6H2,1-2H3. The maximum atomic E-state index is 12.2. The Balaban J connectivity index is 2.83. The number of aromatic nitrogens is 2. The Morgan fingerprint density at radius 2 is 2.11 bits per heavy atom. The molecule has 0 aromatic carbocycles. The molecule has 108 valence electrons. The van der Waals surface area contributed by atoms with E-state index in [4.69, 9.17) is 9.26 Å². The summed E-state index contributed by atoms with van der Waals surface area (Å²) in [6.07, 6.45) is -4.67. The minimum atomic E-state index is -4.41. The van der Waals surface area contributed by atoms with Crippen molar-refractivity contribution in [1.29, 1.82) is 0 Å². The Bertz CT molecular complexity index is 418. The Hall–Kier alpha value is -1.60. The molecule has 1 rings (SSSR count). The highest BCUT2D eigenvalue weighted by Gasteiger charge is 2.33. The monoisotopic (exact) mass is 280 g/mol. The topological polar surface area (TPSA) is 65.2 Å². The molecule has 0 aliphatic heterocycles. The van der Waals surface area contributed by atoms with Crippen LogP contribution < -0.4 is 0 Å². The summed E-state index contributed by atoms with van der Waals surface area (Å²) in [6.45, 7) is 3.66. The smallest absolute Gasteiger partial charge is 0.396 e. The van der Waals surface area contributed by atoms with Crippen molar-refractivity contribution in [3.05, 3.63) is 11.7 Å². The van der Waals surface area contributed by atoms with Crippen LogP contribution in [0, 0.1) is 0 Å². The highest BCUT2D eigenvalue weighted by Crippen LogP contribution is 2.24. The van der Waals surface area contributed by atoms with Crippen LogP contribution >= 0.6 is 0 Å². The first-order valence-corrected chi connectivity index (χ1v) is 5.93. The molecule has 0 N–H and O–H groups in total. The minimum absolute atomic E-state index is 0.125. The van der Waals surface area contributed by atoms with Crippen LogP contribution in [0.5, 0.6) is 0 Å². The second-order valence-electron chi connectivity index (χ2n) is 3.93. The number of carbonyl (C=O) groups excluding carboxylic acids is 1. The molecule has 5 nitrogen and oxygen atoms in total. The van der Waals surface area contributed by atoms with Gasteiger partial charge in [-0.05, 0) is 13.3 Å². The van der Waals surface area contributed by atoms with E-state index in [0.29, 0.717) is 12.8 Å². The van der Waals surface area contributed by atoms with E-state index in [-0.39, 0.29) is 12.5 Å². The van der Waals surface area contributed by atoms with Gasteiger partial charge in [-0.15, -0.1) is 0 Å². The molecule has 1 heterocycles. The average molecular weight is 280 g/mol. The molecule has 1 aromatic rings. The fourth-order valence-corrected chi connectivity index (χ4v) is 1.53. The molecule has 1 aromatic heterocycles. The second-order valence-corrected chi connectivity index (χ2v) is 3.93. The van der Waals surface area contributed by atoms with Crippen LogP contribution in [0.4, 0.5) is 13.2 Å². The summed E-state index contributed by atoms with van der Waals surface area (Å²) in [6, 6.07) is 0. The normalized spacial score (nSPS) is 13.3. The number of alkyl halides is 3. The minimum Gasteiger partial charge on any atom is -0.465 e. The van der Waals surface area contributed by atoms with E-state index in [0.717, 1.165) is 0 Å². The summed E-state index contributed by atoms with van der Waals surface area (Å²) in [5.41, 5.74) is 0. The summed E-state index contributed by atoms with van der Waals surface area (Å²) in [5, 5.41) is 3.23. The molecule has 8 heteroatoms. The van der Waals surface area contributed by atoms with Crippen molar-refractivity contribution in [1.82, 2.24) is 10.1 Å². The summed E-state index contributed by atoms with van der Waals surface area (Å²) in [5.74, 6) is -1.97. The van der Waals surface area contributed by atoms with Crippen molar-refractivity contribution >= 4 is 5.97 Å². The largest absolute Gasteiger partial charge is 0.465 e. The number of rotatable bonds is 6. The lowest BCUT2D eigenvalue weighted by molar-refractivity contribution is -0.145.